The normalized spacial score (nSPS) is 11.8. The number of fused-ring (bicyclic) bond motifs is 2. The highest BCUT2D eigenvalue weighted by Gasteiger charge is 2.19. The third-order valence-electron chi connectivity index (χ3n) is 5.53. The first-order chi connectivity index (χ1) is 13.5. The van der Waals surface area contributed by atoms with Crippen LogP contribution < -0.4 is 22.2 Å². The van der Waals surface area contributed by atoms with Crippen molar-refractivity contribution >= 4 is 21.5 Å². The van der Waals surface area contributed by atoms with Crippen LogP contribution in [-0.4, -0.2) is 9.13 Å². The molecule has 2 aromatic heterocycles. The number of aromatic nitrogens is 2. The summed E-state index contributed by atoms with van der Waals surface area (Å²) in [5, 5.41) is 0.975. The summed E-state index contributed by atoms with van der Waals surface area (Å²) in [6, 6.07) is 2.90. The summed E-state index contributed by atoms with van der Waals surface area (Å²) >= 11 is 0. The van der Waals surface area contributed by atoms with Crippen molar-refractivity contribution in [3.05, 3.63) is 53.5 Å². The fourth-order valence-electron chi connectivity index (χ4n) is 3.87. The van der Waals surface area contributed by atoms with Crippen LogP contribution in [0.5, 0.6) is 0 Å². The van der Waals surface area contributed by atoms with Gasteiger partial charge in [0.2, 0.25) is 0 Å². The van der Waals surface area contributed by atoms with Crippen LogP contribution in [0, 0.1) is 0 Å². The second-order valence-corrected chi connectivity index (χ2v) is 7.59. The van der Waals surface area contributed by atoms with Gasteiger partial charge in [0, 0.05) is 13.1 Å². The molecule has 6 nitrogen and oxygen atoms in total. The Balaban J connectivity index is 2.01. The van der Waals surface area contributed by atoms with Crippen molar-refractivity contribution in [2.75, 3.05) is 0 Å². The van der Waals surface area contributed by atoms with Gasteiger partial charge in [0.15, 0.2) is 0 Å². The number of hydrogen-bond acceptors (Lipinski definition) is 4. The monoisotopic (exact) mass is 384 g/mol. The summed E-state index contributed by atoms with van der Waals surface area (Å²) < 4.78 is 2.49. The summed E-state index contributed by atoms with van der Waals surface area (Å²) in [4.78, 5) is 50.7. The fraction of sp³-hybridized carbons (Fsp3) is 0.545. The standard InChI is InChI=1S/C22H28N2O4/c1-3-5-7-9-11-23-19(25)15-13-17-18(14-16(15)20(23)26)22(28)24(21(17)27)12-10-8-6-4-2/h13-14H,3-12H2,1-2H3. The highest BCUT2D eigenvalue weighted by atomic mass is 16.2. The first-order valence-electron chi connectivity index (χ1n) is 10.4. The lowest BCUT2D eigenvalue weighted by molar-refractivity contribution is 0.567. The van der Waals surface area contributed by atoms with Crippen molar-refractivity contribution in [3.8, 4) is 0 Å². The van der Waals surface area contributed by atoms with Crippen LogP contribution in [0.4, 0.5) is 0 Å². The molecule has 0 N–H and O–H groups in total. The minimum atomic E-state index is -0.360. The molecule has 0 unspecified atom stereocenters. The van der Waals surface area contributed by atoms with Crippen molar-refractivity contribution in [2.45, 2.75) is 78.3 Å². The van der Waals surface area contributed by atoms with Crippen molar-refractivity contribution in [3.63, 3.8) is 0 Å². The Morgan fingerprint density at radius 3 is 1.14 bits per heavy atom. The average molecular weight is 384 g/mol. The molecule has 0 bridgehead atoms. The summed E-state index contributed by atoms with van der Waals surface area (Å²) in [5.74, 6) is 0. The third-order valence-corrected chi connectivity index (χ3v) is 5.53. The van der Waals surface area contributed by atoms with Crippen molar-refractivity contribution in [2.24, 2.45) is 0 Å². The second kappa shape index (κ2) is 8.67. The lowest BCUT2D eigenvalue weighted by Gasteiger charge is -1.99. The zero-order valence-corrected chi connectivity index (χ0v) is 16.8. The van der Waals surface area contributed by atoms with E-state index >= 15 is 0 Å². The van der Waals surface area contributed by atoms with Gasteiger partial charge in [-0.05, 0) is 25.0 Å². The maximum Gasteiger partial charge on any atom is 0.261 e. The number of nitrogens with zero attached hydrogens (tertiary/aromatic N) is 2. The molecule has 28 heavy (non-hydrogen) atoms. The number of unbranched alkanes of at least 4 members (excludes halogenated alkanes) is 6. The van der Waals surface area contributed by atoms with Crippen LogP contribution in [0.15, 0.2) is 31.3 Å². The molecule has 0 saturated heterocycles. The molecule has 0 fully saturated rings. The molecule has 6 heteroatoms. The quantitative estimate of drug-likeness (QED) is 0.503. The van der Waals surface area contributed by atoms with Gasteiger partial charge >= 0.3 is 0 Å². The Labute approximate surface area is 163 Å². The second-order valence-electron chi connectivity index (χ2n) is 7.59. The van der Waals surface area contributed by atoms with Gasteiger partial charge in [-0.3, -0.25) is 28.3 Å². The van der Waals surface area contributed by atoms with Gasteiger partial charge in [0.1, 0.15) is 0 Å². The highest BCUT2D eigenvalue weighted by molar-refractivity contribution is 5.97. The Hall–Kier alpha value is -2.50. The lowest BCUT2D eigenvalue weighted by Crippen LogP contribution is -2.26. The lowest BCUT2D eigenvalue weighted by atomic mass is 10.1. The third kappa shape index (κ3) is 3.60. The van der Waals surface area contributed by atoms with Gasteiger partial charge in [-0.1, -0.05) is 52.4 Å². The molecule has 1 aromatic carbocycles. The first-order valence-corrected chi connectivity index (χ1v) is 10.4. The zero-order valence-electron chi connectivity index (χ0n) is 16.8. The number of rotatable bonds is 10. The van der Waals surface area contributed by atoms with E-state index in [1.807, 2.05) is 0 Å². The van der Waals surface area contributed by atoms with E-state index < -0.39 is 0 Å². The Morgan fingerprint density at radius 1 is 0.536 bits per heavy atom. The molecule has 3 rings (SSSR count). The first kappa shape index (κ1) is 20.2. The zero-order chi connectivity index (χ0) is 20.3. The highest BCUT2D eigenvalue weighted by Crippen LogP contribution is 2.15. The summed E-state index contributed by atoms with van der Waals surface area (Å²) in [5.41, 5.74) is -1.44. The van der Waals surface area contributed by atoms with E-state index in [0.717, 1.165) is 51.4 Å². The van der Waals surface area contributed by atoms with Gasteiger partial charge in [-0.25, -0.2) is 0 Å². The van der Waals surface area contributed by atoms with Crippen molar-refractivity contribution < 1.29 is 0 Å². The predicted molar refractivity (Wildman–Crippen MR) is 113 cm³/mol. The van der Waals surface area contributed by atoms with Crippen molar-refractivity contribution in [1.82, 2.24) is 9.13 Å². The van der Waals surface area contributed by atoms with Gasteiger partial charge < -0.3 is 0 Å². The van der Waals surface area contributed by atoms with Gasteiger partial charge in [0.05, 0.1) is 21.5 Å². The van der Waals surface area contributed by atoms with Gasteiger partial charge in [-0.2, -0.15) is 0 Å². The largest absolute Gasteiger partial charge is 0.274 e. The molecule has 0 saturated carbocycles. The smallest absolute Gasteiger partial charge is 0.261 e. The maximum atomic E-state index is 12.7. The van der Waals surface area contributed by atoms with Gasteiger partial charge in [-0.15, -0.1) is 0 Å². The number of benzene rings is 1. The van der Waals surface area contributed by atoms with E-state index in [0.29, 0.717) is 13.1 Å². The average Bonchev–Trinajstić information content (AvgIpc) is 3.07. The minimum Gasteiger partial charge on any atom is -0.274 e. The minimum absolute atomic E-state index is 0.244. The van der Waals surface area contributed by atoms with E-state index in [1.54, 1.807) is 0 Å². The van der Waals surface area contributed by atoms with Crippen molar-refractivity contribution in [1.29, 1.82) is 0 Å². The van der Waals surface area contributed by atoms with E-state index in [-0.39, 0.29) is 43.8 Å². The molecule has 0 atom stereocenters. The van der Waals surface area contributed by atoms with Gasteiger partial charge in [0.25, 0.3) is 22.2 Å². The Morgan fingerprint density at radius 2 is 0.857 bits per heavy atom. The molecule has 0 aliphatic carbocycles. The number of hydrogen-bond donors (Lipinski definition) is 0. The summed E-state index contributed by atoms with van der Waals surface area (Å²) in [6.45, 7) is 4.96. The fourth-order valence-corrected chi connectivity index (χ4v) is 3.87. The molecule has 3 aromatic rings. The van der Waals surface area contributed by atoms with Crippen LogP contribution in [0.3, 0.4) is 0 Å². The molecule has 2 heterocycles. The molecule has 0 radical (unpaired) electrons. The molecule has 0 aliphatic rings. The molecule has 0 aliphatic heterocycles. The van der Waals surface area contributed by atoms with E-state index in [9.17, 15) is 19.2 Å². The summed E-state index contributed by atoms with van der Waals surface area (Å²) in [7, 11) is 0. The van der Waals surface area contributed by atoms with Crippen LogP contribution in [-0.2, 0) is 13.1 Å². The molecule has 150 valence electrons. The van der Waals surface area contributed by atoms with Crippen LogP contribution >= 0.6 is 0 Å². The molecular weight excluding hydrogens is 356 g/mol. The SMILES string of the molecule is CCCCCCn1c(=O)c2cc3c(=O)n(CCCCCC)c(=O)c3cc2c1=O. The topological polar surface area (TPSA) is 78.1 Å². The molecular formula is C22H28N2O4. The summed E-state index contributed by atoms with van der Waals surface area (Å²) in [6.07, 6.45) is 7.74. The Bertz CT molecular complexity index is 1010. The molecule has 0 spiro atoms. The van der Waals surface area contributed by atoms with Crippen LogP contribution in [0.1, 0.15) is 65.2 Å². The van der Waals surface area contributed by atoms with E-state index in [1.165, 1.54) is 21.3 Å². The van der Waals surface area contributed by atoms with Crippen LogP contribution in [0.25, 0.3) is 21.5 Å². The molecule has 0 amide bonds. The van der Waals surface area contributed by atoms with E-state index in [2.05, 4.69) is 13.8 Å². The predicted octanol–water partition coefficient (Wildman–Crippen LogP) is 3.07. The maximum absolute atomic E-state index is 12.7. The van der Waals surface area contributed by atoms with E-state index in [4.69, 9.17) is 0 Å². The van der Waals surface area contributed by atoms with Crippen LogP contribution in [0.2, 0.25) is 0 Å². The Kier molecular flexibility index (Phi) is 6.27.